The molecule has 0 aliphatic heterocycles. The third-order valence-corrected chi connectivity index (χ3v) is 3.57. The number of amides is 1. The monoisotopic (exact) mass is 332 g/mol. The van der Waals surface area contributed by atoms with Gasteiger partial charge in [-0.15, -0.1) is 0 Å². The number of halogens is 1. The number of carbonyl (C=O) groups excluding carboxylic acids is 1. The highest BCUT2D eigenvalue weighted by molar-refractivity contribution is 6.30. The first-order valence-corrected chi connectivity index (χ1v) is 8.16. The van der Waals surface area contributed by atoms with E-state index in [0.717, 1.165) is 24.3 Å². The highest BCUT2D eigenvalue weighted by Gasteiger charge is 2.07. The molecular weight excluding hydrogens is 312 g/mol. The van der Waals surface area contributed by atoms with Crippen molar-refractivity contribution in [3.63, 3.8) is 0 Å². The third kappa shape index (κ3) is 5.87. The van der Waals surface area contributed by atoms with Crippen molar-refractivity contribution in [2.24, 2.45) is 0 Å². The van der Waals surface area contributed by atoms with Gasteiger partial charge in [0, 0.05) is 24.3 Å². The number of nitrogens with one attached hydrogen (secondary N) is 2. The standard InChI is InChI=1S/C17H21ClN4O/c1-2-3-10-19-16(23)15-9-12-21-17(22-15)20-11-8-13-4-6-14(18)7-5-13/h4-7,9,12H,2-3,8,10-11H2,1H3,(H,19,23)(H,20,21,22). The summed E-state index contributed by atoms with van der Waals surface area (Å²) in [4.78, 5) is 20.3. The van der Waals surface area contributed by atoms with Crippen molar-refractivity contribution in [1.82, 2.24) is 15.3 Å². The average molecular weight is 333 g/mol. The van der Waals surface area contributed by atoms with Crippen molar-refractivity contribution < 1.29 is 4.79 Å². The van der Waals surface area contributed by atoms with E-state index in [2.05, 4.69) is 27.5 Å². The molecule has 0 saturated heterocycles. The van der Waals surface area contributed by atoms with Gasteiger partial charge in [-0.25, -0.2) is 9.97 Å². The van der Waals surface area contributed by atoms with Gasteiger partial charge in [-0.2, -0.15) is 0 Å². The molecule has 2 rings (SSSR count). The van der Waals surface area contributed by atoms with Crippen molar-refractivity contribution in [2.75, 3.05) is 18.4 Å². The molecule has 0 fully saturated rings. The lowest BCUT2D eigenvalue weighted by Gasteiger charge is -2.07. The molecule has 0 aliphatic rings. The Morgan fingerprint density at radius 3 is 2.70 bits per heavy atom. The smallest absolute Gasteiger partial charge is 0.270 e. The van der Waals surface area contributed by atoms with Crippen LogP contribution in [0.4, 0.5) is 5.95 Å². The van der Waals surface area contributed by atoms with Crippen molar-refractivity contribution in [1.29, 1.82) is 0 Å². The first-order valence-electron chi connectivity index (χ1n) is 7.78. The number of benzene rings is 1. The van der Waals surface area contributed by atoms with Gasteiger partial charge in [0.1, 0.15) is 5.69 Å². The Morgan fingerprint density at radius 2 is 1.96 bits per heavy atom. The maximum absolute atomic E-state index is 12.0. The Hall–Kier alpha value is -2.14. The normalized spacial score (nSPS) is 10.3. The zero-order valence-corrected chi connectivity index (χ0v) is 13.9. The van der Waals surface area contributed by atoms with Gasteiger partial charge in [0.15, 0.2) is 0 Å². The second kappa shape index (κ2) is 9.10. The Kier molecular flexibility index (Phi) is 6.81. The van der Waals surface area contributed by atoms with Crippen molar-refractivity contribution in [2.45, 2.75) is 26.2 Å². The minimum absolute atomic E-state index is 0.165. The second-order valence-corrected chi connectivity index (χ2v) is 5.61. The molecule has 0 radical (unpaired) electrons. The molecule has 1 amide bonds. The molecule has 2 aromatic rings. The van der Waals surface area contributed by atoms with Crippen LogP contribution >= 0.6 is 11.6 Å². The Balaban J connectivity index is 1.84. The summed E-state index contributed by atoms with van der Waals surface area (Å²) >= 11 is 5.86. The third-order valence-electron chi connectivity index (χ3n) is 3.31. The summed E-state index contributed by atoms with van der Waals surface area (Å²) in [5, 5.41) is 6.71. The number of carbonyl (C=O) groups is 1. The van der Waals surface area contributed by atoms with Gasteiger partial charge in [0.05, 0.1) is 0 Å². The van der Waals surface area contributed by atoms with E-state index in [1.54, 1.807) is 12.3 Å². The number of nitrogens with zero attached hydrogens (tertiary/aromatic N) is 2. The summed E-state index contributed by atoms with van der Waals surface area (Å²) in [5.41, 5.74) is 1.56. The molecule has 1 aromatic heterocycles. The molecule has 5 nitrogen and oxygen atoms in total. The van der Waals surface area contributed by atoms with Crippen LogP contribution in [0.1, 0.15) is 35.8 Å². The zero-order chi connectivity index (χ0) is 16.5. The lowest BCUT2D eigenvalue weighted by Crippen LogP contribution is -2.25. The van der Waals surface area contributed by atoms with Gasteiger partial charge in [-0.1, -0.05) is 37.1 Å². The number of rotatable bonds is 8. The highest BCUT2D eigenvalue weighted by Crippen LogP contribution is 2.10. The van der Waals surface area contributed by atoms with E-state index < -0.39 is 0 Å². The topological polar surface area (TPSA) is 66.9 Å². The van der Waals surface area contributed by atoms with E-state index in [4.69, 9.17) is 11.6 Å². The maximum atomic E-state index is 12.0. The zero-order valence-electron chi connectivity index (χ0n) is 13.2. The molecule has 0 saturated carbocycles. The largest absolute Gasteiger partial charge is 0.354 e. The summed E-state index contributed by atoms with van der Waals surface area (Å²) in [5.74, 6) is 0.295. The van der Waals surface area contributed by atoms with Crippen molar-refractivity contribution in [3.05, 3.63) is 52.8 Å². The number of hydrogen-bond donors (Lipinski definition) is 2. The molecule has 1 aromatic carbocycles. The van der Waals surface area contributed by atoms with Crippen LogP contribution in [0.5, 0.6) is 0 Å². The lowest BCUT2D eigenvalue weighted by molar-refractivity contribution is 0.0948. The molecule has 122 valence electrons. The van der Waals surface area contributed by atoms with Crippen LogP contribution in [0.2, 0.25) is 5.02 Å². The fourth-order valence-corrected chi connectivity index (χ4v) is 2.14. The first kappa shape index (κ1) is 17.2. The van der Waals surface area contributed by atoms with Crippen LogP contribution in [-0.2, 0) is 6.42 Å². The number of aromatic nitrogens is 2. The van der Waals surface area contributed by atoms with E-state index in [0.29, 0.717) is 24.7 Å². The Morgan fingerprint density at radius 1 is 1.17 bits per heavy atom. The summed E-state index contributed by atoms with van der Waals surface area (Å²) in [6.45, 7) is 3.43. The van der Waals surface area contributed by atoms with Crippen molar-refractivity contribution >= 4 is 23.5 Å². The molecule has 0 bridgehead atoms. The van der Waals surface area contributed by atoms with E-state index in [1.165, 1.54) is 5.56 Å². The van der Waals surface area contributed by atoms with Gasteiger partial charge < -0.3 is 10.6 Å². The second-order valence-electron chi connectivity index (χ2n) is 5.18. The van der Waals surface area contributed by atoms with E-state index in [1.807, 2.05) is 24.3 Å². The van der Waals surface area contributed by atoms with E-state index in [-0.39, 0.29) is 5.91 Å². The summed E-state index contributed by atoms with van der Waals surface area (Å²) in [6, 6.07) is 9.33. The minimum atomic E-state index is -0.165. The predicted molar refractivity (Wildman–Crippen MR) is 92.9 cm³/mol. The molecule has 1 heterocycles. The molecule has 23 heavy (non-hydrogen) atoms. The molecular formula is C17H21ClN4O. The molecule has 0 aliphatic carbocycles. The Bertz CT molecular complexity index is 631. The van der Waals surface area contributed by atoms with Crippen LogP contribution in [0.15, 0.2) is 36.5 Å². The highest BCUT2D eigenvalue weighted by atomic mass is 35.5. The molecule has 6 heteroatoms. The molecule has 2 N–H and O–H groups in total. The van der Waals surface area contributed by atoms with Gasteiger partial charge >= 0.3 is 0 Å². The number of hydrogen-bond acceptors (Lipinski definition) is 4. The maximum Gasteiger partial charge on any atom is 0.270 e. The first-order chi connectivity index (χ1) is 11.2. The average Bonchev–Trinajstić information content (AvgIpc) is 2.57. The van der Waals surface area contributed by atoms with Gasteiger partial charge in [0.25, 0.3) is 5.91 Å². The van der Waals surface area contributed by atoms with Crippen LogP contribution < -0.4 is 10.6 Å². The predicted octanol–water partition coefficient (Wildman–Crippen LogP) is 3.31. The molecule has 0 atom stereocenters. The fourth-order valence-electron chi connectivity index (χ4n) is 2.01. The Labute approximate surface area is 141 Å². The van der Waals surface area contributed by atoms with Gasteiger partial charge in [-0.05, 0) is 36.6 Å². The number of unbranched alkanes of at least 4 members (excludes halogenated alkanes) is 1. The van der Waals surface area contributed by atoms with Crippen LogP contribution in [0.25, 0.3) is 0 Å². The van der Waals surface area contributed by atoms with Crippen LogP contribution in [0.3, 0.4) is 0 Å². The SMILES string of the molecule is CCCCNC(=O)c1ccnc(NCCc2ccc(Cl)cc2)n1. The van der Waals surface area contributed by atoms with Crippen LogP contribution in [-0.4, -0.2) is 29.0 Å². The molecule has 0 unspecified atom stereocenters. The summed E-state index contributed by atoms with van der Waals surface area (Å²) in [6.07, 6.45) is 4.42. The van der Waals surface area contributed by atoms with Crippen LogP contribution in [0, 0.1) is 0 Å². The van der Waals surface area contributed by atoms with E-state index >= 15 is 0 Å². The molecule has 0 spiro atoms. The quantitative estimate of drug-likeness (QED) is 0.728. The summed E-state index contributed by atoms with van der Waals surface area (Å²) < 4.78 is 0. The van der Waals surface area contributed by atoms with Gasteiger partial charge in [-0.3, -0.25) is 4.79 Å². The number of anilines is 1. The lowest BCUT2D eigenvalue weighted by atomic mass is 10.1. The minimum Gasteiger partial charge on any atom is -0.354 e. The van der Waals surface area contributed by atoms with Gasteiger partial charge in [0.2, 0.25) is 5.95 Å². The fraction of sp³-hybridized carbons (Fsp3) is 0.353. The van der Waals surface area contributed by atoms with Crippen molar-refractivity contribution in [3.8, 4) is 0 Å². The van der Waals surface area contributed by atoms with E-state index in [9.17, 15) is 4.79 Å². The summed E-state index contributed by atoms with van der Waals surface area (Å²) in [7, 11) is 0.